The zero-order valence-electron chi connectivity index (χ0n) is 16.8. The van der Waals surface area contributed by atoms with Gasteiger partial charge >= 0.3 is 0 Å². The molecular formula is C21H22ClN3O3S2. The lowest BCUT2D eigenvalue weighted by atomic mass is 9.93. The van der Waals surface area contributed by atoms with Crippen LogP contribution in [0.25, 0.3) is 0 Å². The van der Waals surface area contributed by atoms with Gasteiger partial charge < -0.3 is 5.32 Å². The molecule has 3 rings (SSSR count). The highest BCUT2D eigenvalue weighted by Crippen LogP contribution is 2.25. The first-order chi connectivity index (χ1) is 14.1. The number of para-hydroxylation sites is 1. The standard InChI is InChI=1S/C21H22ClN3O3S2/c1-21(2,3)18-13-29-19(24-18)12-23-20(26)14-7-6-8-15(11-14)30(27,28)25-17-10-5-4-9-16(17)22/h4-11,13,25H,12H2,1-3H3,(H,23,26). The quantitative estimate of drug-likeness (QED) is 0.548. The molecule has 6 nitrogen and oxygen atoms in total. The van der Waals surface area contributed by atoms with E-state index in [1.165, 1.54) is 29.5 Å². The molecular weight excluding hydrogens is 442 g/mol. The summed E-state index contributed by atoms with van der Waals surface area (Å²) in [6, 6.07) is 12.4. The molecule has 3 aromatic rings. The molecule has 158 valence electrons. The molecule has 0 aliphatic carbocycles. The SMILES string of the molecule is CC(C)(C)c1csc(CNC(=O)c2cccc(S(=O)(=O)Nc3ccccc3Cl)c2)n1. The van der Waals surface area contributed by atoms with E-state index < -0.39 is 10.0 Å². The lowest BCUT2D eigenvalue weighted by Gasteiger charge is -2.14. The Morgan fingerprint density at radius 1 is 1.13 bits per heavy atom. The zero-order chi connectivity index (χ0) is 21.9. The van der Waals surface area contributed by atoms with E-state index in [0.29, 0.717) is 0 Å². The summed E-state index contributed by atoms with van der Waals surface area (Å²) in [7, 11) is -3.90. The van der Waals surface area contributed by atoms with Gasteiger partial charge in [-0.25, -0.2) is 13.4 Å². The van der Waals surface area contributed by atoms with Crippen molar-refractivity contribution in [2.75, 3.05) is 4.72 Å². The van der Waals surface area contributed by atoms with Crippen LogP contribution in [0.1, 0.15) is 41.8 Å². The summed E-state index contributed by atoms with van der Waals surface area (Å²) in [4.78, 5) is 17.1. The molecule has 0 atom stereocenters. The fourth-order valence-electron chi connectivity index (χ4n) is 2.55. The van der Waals surface area contributed by atoms with E-state index in [1.807, 2.05) is 5.38 Å². The Kier molecular flexibility index (Phi) is 6.50. The highest BCUT2D eigenvalue weighted by Gasteiger charge is 2.19. The molecule has 1 heterocycles. The second-order valence-electron chi connectivity index (χ2n) is 7.67. The first kappa shape index (κ1) is 22.3. The van der Waals surface area contributed by atoms with Crippen molar-refractivity contribution in [2.24, 2.45) is 0 Å². The minimum Gasteiger partial charge on any atom is -0.346 e. The van der Waals surface area contributed by atoms with Gasteiger partial charge in [0.15, 0.2) is 0 Å². The molecule has 2 aromatic carbocycles. The van der Waals surface area contributed by atoms with E-state index in [0.717, 1.165) is 10.7 Å². The molecule has 1 aromatic heterocycles. The summed E-state index contributed by atoms with van der Waals surface area (Å²) in [6.07, 6.45) is 0. The average molecular weight is 464 g/mol. The Balaban J connectivity index is 1.72. The van der Waals surface area contributed by atoms with Crippen LogP contribution < -0.4 is 10.0 Å². The van der Waals surface area contributed by atoms with E-state index in [4.69, 9.17) is 11.6 Å². The second-order valence-corrected chi connectivity index (χ2v) is 10.7. The Bertz CT molecular complexity index is 1170. The van der Waals surface area contributed by atoms with Crippen molar-refractivity contribution in [3.8, 4) is 0 Å². The maximum absolute atomic E-state index is 12.7. The van der Waals surface area contributed by atoms with E-state index >= 15 is 0 Å². The van der Waals surface area contributed by atoms with Gasteiger partial charge in [0.25, 0.3) is 15.9 Å². The number of benzene rings is 2. The van der Waals surface area contributed by atoms with Crippen molar-refractivity contribution in [3.05, 3.63) is 75.2 Å². The minimum atomic E-state index is -3.90. The lowest BCUT2D eigenvalue weighted by Crippen LogP contribution is -2.23. The number of rotatable bonds is 6. The van der Waals surface area contributed by atoms with E-state index in [-0.39, 0.29) is 39.0 Å². The Morgan fingerprint density at radius 2 is 1.87 bits per heavy atom. The number of amides is 1. The molecule has 0 unspecified atom stereocenters. The number of aromatic nitrogens is 1. The number of thiazole rings is 1. The van der Waals surface area contributed by atoms with Crippen LogP contribution in [0.15, 0.2) is 58.8 Å². The summed E-state index contributed by atoms with van der Waals surface area (Å²) in [5, 5.41) is 5.85. The molecule has 0 radical (unpaired) electrons. The normalized spacial score (nSPS) is 11.9. The Labute approximate surface area is 185 Å². The third-order valence-electron chi connectivity index (χ3n) is 4.25. The van der Waals surface area contributed by atoms with Crippen molar-refractivity contribution in [1.82, 2.24) is 10.3 Å². The molecule has 0 saturated carbocycles. The summed E-state index contributed by atoms with van der Waals surface area (Å²) < 4.78 is 27.8. The largest absolute Gasteiger partial charge is 0.346 e. The molecule has 0 bridgehead atoms. The number of nitrogens with one attached hydrogen (secondary N) is 2. The fourth-order valence-corrected chi connectivity index (χ4v) is 4.87. The van der Waals surface area contributed by atoms with Crippen LogP contribution in [0.3, 0.4) is 0 Å². The maximum atomic E-state index is 12.7. The van der Waals surface area contributed by atoms with Gasteiger partial charge in [-0.2, -0.15) is 0 Å². The number of hydrogen-bond donors (Lipinski definition) is 2. The van der Waals surface area contributed by atoms with Crippen LogP contribution in [-0.2, 0) is 22.0 Å². The number of sulfonamides is 1. The van der Waals surface area contributed by atoms with E-state index in [9.17, 15) is 13.2 Å². The summed E-state index contributed by atoms with van der Waals surface area (Å²) in [5.41, 5.74) is 1.42. The number of hydrogen-bond acceptors (Lipinski definition) is 5. The average Bonchev–Trinajstić information content (AvgIpc) is 3.17. The van der Waals surface area contributed by atoms with Gasteiger partial charge in [-0.1, -0.05) is 50.6 Å². The zero-order valence-corrected chi connectivity index (χ0v) is 19.2. The molecule has 9 heteroatoms. The van der Waals surface area contributed by atoms with Crippen LogP contribution in [0.2, 0.25) is 5.02 Å². The topological polar surface area (TPSA) is 88.2 Å². The number of carbonyl (C=O) groups is 1. The molecule has 2 N–H and O–H groups in total. The summed E-state index contributed by atoms with van der Waals surface area (Å²) in [6.45, 7) is 6.50. The first-order valence-corrected chi connectivity index (χ1v) is 11.9. The van der Waals surface area contributed by atoms with Gasteiger partial charge in [0.05, 0.1) is 27.8 Å². The second kappa shape index (κ2) is 8.75. The minimum absolute atomic E-state index is 0.0284. The number of anilines is 1. The highest BCUT2D eigenvalue weighted by molar-refractivity contribution is 7.92. The summed E-state index contributed by atoms with van der Waals surface area (Å²) in [5.74, 6) is -0.377. The maximum Gasteiger partial charge on any atom is 0.261 e. The molecule has 1 amide bonds. The van der Waals surface area contributed by atoms with Gasteiger partial charge in [0, 0.05) is 16.4 Å². The Hall–Kier alpha value is -2.42. The van der Waals surface area contributed by atoms with Crippen molar-refractivity contribution in [2.45, 2.75) is 37.6 Å². The monoisotopic (exact) mass is 463 g/mol. The van der Waals surface area contributed by atoms with Crippen LogP contribution in [0.5, 0.6) is 0 Å². The molecule has 0 saturated heterocycles. The van der Waals surface area contributed by atoms with Crippen molar-refractivity contribution in [3.63, 3.8) is 0 Å². The smallest absolute Gasteiger partial charge is 0.261 e. The third kappa shape index (κ3) is 5.38. The molecule has 0 fully saturated rings. The number of nitrogens with zero attached hydrogens (tertiary/aromatic N) is 1. The van der Waals surface area contributed by atoms with Crippen molar-refractivity contribution < 1.29 is 13.2 Å². The van der Waals surface area contributed by atoms with Crippen molar-refractivity contribution >= 4 is 44.6 Å². The van der Waals surface area contributed by atoms with Gasteiger partial charge in [0.1, 0.15) is 5.01 Å². The van der Waals surface area contributed by atoms with Gasteiger partial charge in [-0.05, 0) is 30.3 Å². The van der Waals surface area contributed by atoms with Crippen LogP contribution in [0, 0.1) is 0 Å². The third-order valence-corrected chi connectivity index (χ3v) is 6.79. The van der Waals surface area contributed by atoms with Crippen molar-refractivity contribution in [1.29, 1.82) is 0 Å². The molecule has 0 aliphatic rings. The molecule has 0 aliphatic heterocycles. The van der Waals surface area contributed by atoms with E-state index in [2.05, 4.69) is 35.8 Å². The first-order valence-electron chi connectivity index (χ1n) is 9.17. The Morgan fingerprint density at radius 3 is 2.53 bits per heavy atom. The lowest BCUT2D eigenvalue weighted by molar-refractivity contribution is 0.0950. The van der Waals surface area contributed by atoms with Crippen LogP contribution in [-0.4, -0.2) is 19.3 Å². The predicted molar refractivity (Wildman–Crippen MR) is 121 cm³/mol. The molecule has 0 spiro atoms. The van der Waals surface area contributed by atoms with Gasteiger partial charge in [-0.15, -0.1) is 11.3 Å². The predicted octanol–water partition coefficient (Wildman–Crippen LogP) is 4.82. The number of carbonyl (C=O) groups excluding carboxylic acids is 1. The highest BCUT2D eigenvalue weighted by atomic mass is 35.5. The fraction of sp³-hybridized carbons (Fsp3) is 0.238. The summed E-state index contributed by atoms with van der Waals surface area (Å²) >= 11 is 7.51. The van der Waals surface area contributed by atoms with Crippen LogP contribution >= 0.6 is 22.9 Å². The van der Waals surface area contributed by atoms with Crippen LogP contribution in [0.4, 0.5) is 5.69 Å². The van der Waals surface area contributed by atoms with Gasteiger partial charge in [0.2, 0.25) is 0 Å². The number of halogens is 1. The van der Waals surface area contributed by atoms with E-state index in [1.54, 1.807) is 30.3 Å². The van der Waals surface area contributed by atoms with Gasteiger partial charge in [-0.3, -0.25) is 9.52 Å². The molecule has 30 heavy (non-hydrogen) atoms.